The molecule has 1 rings (SSSR count). The molecule has 2 nitrogen and oxygen atoms in total. The van der Waals surface area contributed by atoms with Crippen molar-refractivity contribution >= 4 is 17.7 Å². The van der Waals surface area contributed by atoms with Crippen molar-refractivity contribution in [2.75, 3.05) is 5.75 Å². The van der Waals surface area contributed by atoms with Gasteiger partial charge in [-0.15, -0.1) is 11.8 Å². The molecule has 0 bridgehead atoms. The first kappa shape index (κ1) is 10.9. The normalized spacial score (nSPS) is 23.6. The molecule has 0 aliphatic heterocycles. The van der Waals surface area contributed by atoms with E-state index in [2.05, 4.69) is 20.8 Å². The first-order valence-electron chi connectivity index (χ1n) is 4.79. The quantitative estimate of drug-likeness (QED) is 0.761. The van der Waals surface area contributed by atoms with E-state index >= 15 is 0 Å². The molecule has 0 atom stereocenters. The minimum atomic E-state index is -0.620. The molecule has 0 unspecified atom stereocenters. The molecule has 1 aliphatic rings. The van der Waals surface area contributed by atoms with E-state index in [0.29, 0.717) is 0 Å². The van der Waals surface area contributed by atoms with Gasteiger partial charge in [0.2, 0.25) is 0 Å². The van der Waals surface area contributed by atoms with Crippen molar-refractivity contribution in [3.05, 3.63) is 0 Å². The maximum absolute atomic E-state index is 11.1. The molecule has 1 aliphatic carbocycles. The molecule has 1 saturated carbocycles. The largest absolute Gasteiger partial charge is 0.480 e. The summed E-state index contributed by atoms with van der Waals surface area (Å²) in [6, 6.07) is 0. The van der Waals surface area contributed by atoms with Crippen LogP contribution >= 0.6 is 11.8 Å². The first-order valence-corrected chi connectivity index (χ1v) is 5.78. The molecule has 0 heterocycles. The number of hydrogen-bond acceptors (Lipinski definition) is 2. The van der Waals surface area contributed by atoms with Crippen LogP contribution in [0.25, 0.3) is 0 Å². The van der Waals surface area contributed by atoms with Crippen LogP contribution in [0.2, 0.25) is 0 Å². The van der Waals surface area contributed by atoms with Crippen molar-refractivity contribution in [1.29, 1.82) is 0 Å². The van der Waals surface area contributed by atoms with E-state index in [0.717, 1.165) is 25.0 Å². The average molecular weight is 202 g/mol. The highest BCUT2D eigenvalue weighted by molar-refractivity contribution is 8.01. The minimum absolute atomic E-state index is 0.235. The summed E-state index contributed by atoms with van der Waals surface area (Å²) in [6.45, 7) is 6.37. The van der Waals surface area contributed by atoms with E-state index in [1.165, 1.54) is 0 Å². The Morgan fingerprint density at radius 1 is 1.46 bits per heavy atom. The van der Waals surface area contributed by atoms with Crippen molar-refractivity contribution in [2.24, 2.45) is 5.41 Å². The lowest BCUT2D eigenvalue weighted by Crippen LogP contribution is -2.52. The molecular formula is C10H18O2S. The maximum Gasteiger partial charge on any atom is 0.319 e. The SMILES string of the molecule is CCCSC1(C(=O)O)CC(C)(C)C1. The highest BCUT2D eigenvalue weighted by atomic mass is 32.2. The Morgan fingerprint density at radius 2 is 2.00 bits per heavy atom. The number of hydrogen-bond donors (Lipinski definition) is 1. The molecule has 13 heavy (non-hydrogen) atoms. The fourth-order valence-corrected chi connectivity index (χ4v) is 3.81. The van der Waals surface area contributed by atoms with Gasteiger partial charge in [-0.2, -0.15) is 0 Å². The second kappa shape index (κ2) is 3.52. The third-order valence-electron chi connectivity index (χ3n) is 2.50. The third kappa shape index (κ3) is 2.19. The molecule has 0 aromatic rings. The number of carboxylic acids is 1. The van der Waals surface area contributed by atoms with Crippen LogP contribution in [0.1, 0.15) is 40.0 Å². The van der Waals surface area contributed by atoms with Gasteiger partial charge in [0, 0.05) is 0 Å². The number of rotatable bonds is 4. The van der Waals surface area contributed by atoms with Gasteiger partial charge in [-0.05, 0) is 30.4 Å². The van der Waals surface area contributed by atoms with Gasteiger partial charge in [0.15, 0.2) is 0 Å². The molecule has 1 fully saturated rings. The number of carbonyl (C=O) groups is 1. The molecule has 0 saturated heterocycles. The Labute approximate surface area is 84.1 Å². The van der Waals surface area contributed by atoms with Gasteiger partial charge in [-0.1, -0.05) is 20.8 Å². The Hall–Kier alpha value is -0.180. The van der Waals surface area contributed by atoms with Crippen LogP contribution in [0.5, 0.6) is 0 Å². The zero-order valence-corrected chi connectivity index (χ0v) is 9.41. The summed E-state index contributed by atoms with van der Waals surface area (Å²) in [4.78, 5) is 11.1. The molecule has 0 amide bonds. The second-order valence-corrected chi connectivity index (χ2v) is 6.14. The van der Waals surface area contributed by atoms with Crippen LogP contribution < -0.4 is 0 Å². The predicted molar refractivity (Wildman–Crippen MR) is 56.1 cm³/mol. The van der Waals surface area contributed by atoms with Gasteiger partial charge in [0.05, 0.1) is 0 Å². The van der Waals surface area contributed by atoms with E-state index in [-0.39, 0.29) is 5.41 Å². The molecule has 0 aromatic carbocycles. The lowest BCUT2D eigenvalue weighted by atomic mass is 9.64. The van der Waals surface area contributed by atoms with Crippen LogP contribution in [0.4, 0.5) is 0 Å². The Kier molecular flexibility index (Phi) is 2.95. The maximum atomic E-state index is 11.1. The molecule has 0 radical (unpaired) electrons. The minimum Gasteiger partial charge on any atom is -0.480 e. The fraction of sp³-hybridized carbons (Fsp3) is 0.900. The molecular weight excluding hydrogens is 184 g/mol. The van der Waals surface area contributed by atoms with Gasteiger partial charge < -0.3 is 5.11 Å². The Bertz CT molecular complexity index is 203. The van der Waals surface area contributed by atoms with Crippen molar-refractivity contribution < 1.29 is 9.90 Å². The number of thioether (sulfide) groups is 1. The molecule has 3 heteroatoms. The smallest absolute Gasteiger partial charge is 0.319 e. The molecule has 0 spiro atoms. The average Bonchev–Trinajstić information content (AvgIpc) is 1.95. The Morgan fingerprint density at radius 3 is 2.31 bits per heavy atom. The summed E-state index contributed by atoms with van der Waals surface area (Å²) < 4.78 is -0.459. The number of aliphatic carboxylic acids is 1. The summed E-state index contributed by atoms with van der Waals surface area (Å²) in [6.07, 6.45) is 2.69. The Balaban J connectivity index is 2.55. The summed E-state index contributed by atoms with van der Waals surface area (Å²) >= 11 is 1.62. The van der Waals surface area contributed by atoms with Crippen LogP contribution in [-0.4, -0.2) is 21.6 Å². The van der Waals surface area contributed by atoms with E-state index in [1.54, 1.807) is 11.8 Å². The van der Waals surface area contributed by atoms with E-state index in [4.69, 9.17) is 5.11 Å². The summed E-state index contributed by atoms with van der Waals surface area (Å²) in [5.41, 5.74) is 0.235. The molecule has 0 aromatic heterocycles. The summed E-state index contributed by atoms with van der Waals surface area (Å²) in [7, 11) is 0. The van der Waals surface area contributed by atoms with Gasteiger partial charge in [0.1, 0.15) is 4.75 Å². The van der Waals surface area contributed by atoms with Crippen molar-refractivity contribution in [2.45, 2.75) is 44.8 Å². The molecule has 76 valence electrons. The number of carboxylic acid groups (broad SMARTS) is 1. The van der Waals surface area contributed by atoms with Gasteiger partial charge in [-0.3, -0.25) is 4.79 Å². The van der Waals surface area contributed by atoms with E-state index in [1.807, 2.05) is 0 Å². The van der Waals surface area contributed by atoms with Crippen LogP contribution in [-0.2, 0) is 4.79 Å². The highest BCUT2D eigenvalue weighted by Gasteiger charge is 2.54. The standard InChI is InChI=1S/C10H18O2S/c1-4-5-13-10(8(11)12)6-9(2,3)7-10/h4-7H2,1-3H3,(H,11,12). The first-order chi connectivity index (χ1) is 5.92. The summed E-state index contributed by atoms with van der Waals surface area (Å²) in [5, 5.41) is 9.12. The third-order valence-corrected chi connectivity index (χ3v) is 4.13. The highest BCUT2D eigenvalue weighted by Crippen LogP contribution is 2.55. The fourth-order valence-electron chi connectivity index (χ4n) is 2.11. The van der Waals surface area contributed by atoms with E-state index in [9.17, 15) is 4.79 Å². The monoisotopic (exact) mass is 202 g/mol. The van der Waals surface area contributed by atoms with Crippen molar-refractivity contribution in [1.82, 2.24) is 0 Å². The van der Waals surface area contributed by atoms with Gasteiger partial charge in [0.25, 0.3) is 0 Å². The molecule has 1 N–H and O–H groups in total. The van der Waals surface area contributed by atoms with Gasteiger partial charge >= 0.3 is 5.97 Å². The van der Waals surface area contributed by atoms with Crippen molar-refractivity contribution in [3.8, 4) is 0 Å². The van der Waals surface area contributed by atoms with Crippen molar-refractivity contribution in [3.63, 3.8) is 0 Å². The topological polar surface area (TPSA) is 37.3 Å². The second-order valence-electron chi connectivity index (χ2n) is 4.67. The lowest BCUT2D eigenvalue weighted by molar-refractivity contribution is -0.145. The predicted octanol–water partition coefficient (Wildman–Crippen LogP) is 2.77. The lowest BCUT2D eigenvalue weighted by Gasteiger charge is -2.49. The van der Waals surface area contributed by atoms with Crippen LogP contribution in [0.15, 0.2) is 0 Å². The van der Waals surface area contributed by atoms with Crippen LogP contribution in [0, 0.1) is 5.41 Å². The summed E-state index contributed by atoms with van der Waals surface area (Å²) in [5.74, 6) is 0.341. The zero-order valence-electron chi connectivity index (χ0n) is 8.59. The van der Waals surface area contributed by atoms with Gasteiger partial charge in [-0.25, -0.2) is 0 Å². The van der Waals surface area contributed by atoms with E-state index < -0.39 is 10.7 Å². The zero-order chi connectivity index (χ0) is 10.1. The van der Waals surface area contributed by atoms with Crippen LogP contribution in [0.3, 0.4) is 0 Å².